The first-order valence-corrected chi connectivity index (χ1v) is 18.6. The zero-order valence-corrected chi connectivity index (χ0v) is 35.0. The van der Waals surface area contributed by atoms with Crippen LogP contribution in [0.3, 0.4) is 0 Å². The summed E-state index contributed by atoms with van der Waals surface area (Å²) in [5.74, 6) is -0.159. The molecule has 2 heterocycles. The van der Waals surface area contributed by atoms with Gasteiger partial charge in [0.15, 0.2) is 0 Å². The number of aromatic hydroxyl groups is 1. The van der Waals surface area contributed by atoms with Gasteiger partial charge in [-0.25, -0.2) is 14.8 Å². The van der Waals surface area contributed by atoms with E-state index < -0.39 is 11.9 Å². The zero-order valence-electron chi connectivity index (χ0n) is 29.8. The summed E-state index contributed by atoms with van der Waals surface area (Å²) < 4.78 is 12.8. The van der Waals surface area contributed by atoms with Crippen molar-refractivity contribution < 1.29 is 58.8 Å². The van der Waals surface area contributed by atoms with E-state index in [1.54, 1.807) is 30.3 Å². The van der Waals surface area contributed by atoms with Crippen LogP contribution in [0.25, 0.3) is 44.8 Å². The second kappa shape index (κ2) is 19.3. The average molecular weight is 859 g/mol. The van der Waals surface area contributed by atoms with Crippen LogP contribution in [-0.4, -0.2) is 40.7 Å². The summed E-state index contributed by atoms with van der Waals surface area (Å²) >= 11 is 6.99. The van der Waals surface area contributed by atoms with E-state index in [-0.39, 0.29) is 46.7 Å². The van der Waals surface area contributed by atoms with Crippen LogP contribution in [0.5, 0.6) is 11.5 Å². The topological polar surface area (TPSA) is 122 Å². The third-order valence-corrected chi connectivity index (χ3v) is 9.92. The van der Waals surface area contributed by atoms with Gasteiger partial charge in [-0.05, 0) is 90.6 Å². The summed E-state index contributed by atoms with van der Waals surface area (Å²) in [6.45, 7) is 0.717. The molecule has 54 heavy (non-hydrogen) atoms. The number of carboxylic acid groups (broad SMARTS) is 1. The Kier molecular flexibility index (Phi) is 14.6. The van der Waals surface area contributed by atoms with Crippen molar-refractivity contribution in [2.75, 3.05) is 13.7 Å². The largest absolute Gasteiger partial charge is 1.00 e. The monoisotopic (exact) mass is 856 g/mol. The Morgan fingerprint density at radius 2 is 1.20 bits per heavy atom. The summed E-state index contributed by atoms with van der Waals surface area (Å²) in [4.78, 5) is 31.6. The molecule has 0 saturated heterocycles. The smallest absolute Gasteiger partial charge is 0.543 e. The molecule has 0 atom stereocenters. The summed E-state index contributed by atoms with van der Waals surface area (Å²) in [7, 11) is 1.32. The van der Waals surface area contributed by atoms with Gasteiger partial charge in [-0.3, -0.25) is 0 Å². The number of methoxy groups -OCH3 is 1. The molecule has 268 valence electrons. The molecule has 7 rings (SSSR count). The molecule has 1 aliphatic rings. The first kappa shape index (κ1) is 40.9. The summed E-state index contributed by atoms with van der Waals surface area (Å²) in [6.07, 6.45) is 5.01. The van der Waals surface area contributed by atoms with Gasteiger partial charge in [-0.2, -0.15) is 0 Å². The fourth-order valence-electron chi connectivity index (χ4n) is 6.33. The summed E-state index contributed by atoms with van der Waals surface area (Å²) in [5, 5.41) is 21.5. The van der Waals surface area contributed by atoms with E-state index in [0.717, 1.165) is 49.1 Å². The number of carbonyl (C=O) groups is 2. The standard InChI is InChI=1S/C24H22BrNO3.C19H14BrNO3.Na/c25-17-12-13-23(29-15-16-6-1-2-7-16)20(14-17)18-8-3-4-9-19(18)21-10-5-11-22(26-21)24(27)28;1-24-19(23)17-8-4-7-16(21-17)14-6-3-2-5-13(14)15-11-12(20)9-10-18(15)22;/h3-5,8-14,16H,1-2,6-7,15H2,(H,27,28);2-11,22H,1H3;/q;;+1/p-1. The van der Waals surface area contributed by atoms with E-state index >= 15 is 0 Å². The van der Waals surface area contributed by atoms with Gasteiger partial charge in [0.2, 0.25) is 0 Å². The number of esters is 1. The molecule has 8 nitrogen and oxygen atoms in total. The first-order valence-electron chi connectivity index (χ1n) is 17.1. The maximum absolute atomic E-state index is 11.7. The van der Waals surface area contributed by atoms with E-state index in [9.17, 15) is 19.8 Å². The van der Waals surface area contributed by atoms with Crippen molar-refractivity contribution in [3.05, 3.63) is 142 Å². The molecule has 0 radical (unpaired) electrons. The quantitative estimate of drug-likeness (QED) is 0.125. The average Bonchev–Trinajstić information content (AvgIpc) is 3.72. The molecule has 0 amide bonds. The number of pyridine rings is 2. The number of ether oxygens (including phenoxy) is 2. The van der Waals surface area contributed by atoms with Gasteiger partial charge < -0.3 is 24.5 Å². The molecular weight excluding hydrogens is 823 g/mol. The van der Waals surface area contributed by atoms with Crippen LogP contribution in [0.2, 0.25) is 0 Å². The molecule has 0 unspecified atom stereocenters. The van der Waals surface area contributed by atoms with Gasteiger partial charge in [0.05, 0.1) is 36.8 Å². The molecule has 1 aliphatic carbocycles. The zero-order chi connectivity index (χ0) is 37.3. The van der Waals surface area contributed by atoms with E-state index in [1.165, 1.54) is 38.9 Å². The Bertz CT molecular complexity index is 2260. The molecule has 6 aromatic rings. The van der Waals surface area contributed by atoms with Gasteiger partial charge in [0.1, 0.15) is 17.2 Å². The summed E-state index contributed by atoms with van der Waals surface area (Å²) in [6, 6.07) is 36.8. The van der Waals surface area contributed by atoms with Gasteiger partial charge in [-0.1, -0.05) is 105 Å². The maximum atomic E-state index is 11.7. The molecule has 1 N–H and O–H groups in total. The first-order chi connectivity index (χ1) is 25.7. The molecule has 0 bridgehead atoms. The number of carboxylic acids is 1. The van der Waals surface area contributed by atoms with Gasteiger partial charge in [0, 0.05) is 31.2 Å². The Labute approximate surface area is 353 Å². The summed E-state index contributed by atoms with van der Waals surface area (Å²) in [5.41, 5.74) is 6.45. The molecular formula is C43H35Br2N2NaO6. The number of phenolic OH excluding ortho intramolecular Hbond substituents is 1. The normalized spacial score (nSPS) is 12.2. The molecule has 4 aromatic carbocycles. The van der Waals surface area contributed by atoms with Crippen LogP contribution in [0.15, 0.2) is 130 Å². The Hall–Kier alpha value is -4.32. The third-order valence-electron chi connectivity index (χ3n) is 8.94. The second-order valence-electron chi connectivity index (χ2n) is 12.4. The number of aromatic nitrogens is 2. The van der Waals surface area contributed by atoms with E-state index in [1.807, 2.05) is 84.9 Å². The van der Waals surface area contributed by atoms with E-state index in [0.29, 0.717) is 22.9 Å². The van der Waals surface area contributed by atoms with E-state index in [2.05, 4.69) is 41.8 Å². The molecule has 2 aromatic heterocycles. The fraction of sp³-hybridized carbons (Fsp3) is 0.163. The minimum Gasteiger partial charge on any atom is -0.543 e. The van der Waals surface area contributed by atoms with Crippen molar-refractivity contribution >= 4 is 43.8 Å². The molecule has 0 spiro atoms. The number of hydrogen-bond acceptors (Lipinski definition) is 8. The number of nitrogens with zero attached hydrogens (tertiary/aromatic N) is 2. The number of phenols is 1. The van der Waals surface area contributed by atoms with Crippen molar-refractivity contribution in [2.45, 2.75) is 25.7 Å². The second-order valence-corrected chi connectivity index (χ2v) is 14.3. The van der Waals surface area contributed by atoms with E-state index in [4.69, 9.17) is 9.47 Å². The number of hydrogen-bond donors (Lipinski definition) is 1. The van der Waals surface area contributed by atoms with Crippen LogP contribution in [0, 0.1) is 5.92 Å². The van der Waals surface area contributed by atoms with Gasteiger partial charge >= 0.3 is 35.5 Å². The Balaban J connectivity index is 0.000000208. The third kappa shape index (κ3) is 10.0. The minimum absolute atomic E-state index is 0. The van der Waals surface area contributed by atoms with Gasteiger partial charge in [-0.15, -0.1) is 0 Å². The van der Waals surface area contributed by atoms with Crippen LogP contribution in [0.1, 0.15) is 46.7 Å². The van der Waals surface area contributed by atoms with Crippen molar-refractivity contribution in [2.24, 2.45) is 5.92 Å². The Morgan fingerprint density at radius 1 is 0.685 bits per heavy atom. The van der Waals surface area contributed by atoms with Crippen molar-refractivity contribution in [1.29, 1.82) is 0 Å². The van der Waals surface area contributed by atoms with Crippen LogP contribution >= 0.6 is 31.9 Å². The number of aromatic carboxylic acids is 1. The number of rotatable bonds is 9. The van der Waals surface area contributed by atoms with Crippen molar-refractivity contribution in [1.82, 2.24) is 9.97 Å². The molecule has 1 fully saturated rings. The molecule has 0 aliphatic heterocycles. The van der Waals surface area contributed by atoms with Crippen molar-refractivity contribution in [3.8, 4) is 56.3 Å². The van der Waals surface area contributed by atoms with Crippen molar-refractivity contribution in [3.63, 3.8) is 0 Å². The Morgan fingerprint density at radius 3 is 1.80 bits per heavy atom. The number of carbonyl (C=O) groups excluding carboxylic acids is 2. The number of benzene rings is 4. The fourth-order valence-corrected chi connectivity index (χ4v) is 7.05. The van der Waals surface area contributed by atoms with Crippen LogP contribution in [-0.2, 0) is 4.74 Å². The SMILES string of the molecule is COC(=O)c1cccc(-c2ccccc2-c2cc(Br)ccc2O)n1.O=C([O-])c1cccc(-c2ccccc2-c2cc(Br)ccc2OCC2CCCC2)n1.[Na+]. The molecule has 1 saturated carbocycles. The van der Waals surface area contributed by atoms with Crippen LogP contribution < -0.4 is 39.4 Å². The van der Waals surface area contributed by atoms with Crippen LogP contribution in [0.4, 0.5) is 0 Å². The predicted molar refractivity (Wildman–Crippen MR) is 210 cm³/mol. The predicted octanol–water partition coefficient (Wildman–Crippen LogP) is 6.78. The molecule has 11 heteroatoms. The van der Waals surface area contributed by atoms with Gasteiger partial charge in [0.25, 0.3) is 0 Å². The maximum Gasteiger partial charge on any atom is 1.00 e. The minimum atomic E-state index is -1.28. The number of halogens is 2.